The third-order valence-corrected chi connectivity index (χ3v) is 8.24. The molecule has 12 nitrogen and oxygen atoms in total. The van der Waals surface area contributed by atoms with E-state index in [2.05, 4.69) is 20.8 Å². The van der Waals surface area contributed by atoms with E-state index in [9.17, 15) is 19.5 Å². The van der Waals surface area contributed by atoms with Gasteiger partial charge in [0, 0.05) is 43.9 Å². The van der Waals surface area contributed by atoms with E-state index in [4.69, 9.17) is 10.5 Å². The molecule has 4 aromatic rings. The molecular weight excluding hydrogens is 586 g/mol. The fraction of sp³-hybridized carbons (Fsp3) is 0.294. The second kappa shape index (κ2) is 15.2. The molecule has 1 saturated heterocycles. The number of carbonyl (C=O) groups excluding carboxylic acids is 2. The summed E-state index contributed by atoms with van der Waals surface area (Å²) in [4.78, 5) is 40.8. The van der Waals surface area contributed by atoms with E-state index in [1.807, 2.05) is 84.9 Å². The Morgan fingerprint density at radius 3 is 2.22 bits per heavy atom. The van der Waals surface area contributed by atoms with Crippen molar-refractivity contribution in [1.82, 2.24) is 20.4 Å². The molecule has 3 atom stereocenters. The van der Waals surface area contributed by atoms with Crippen LogP contribution in [0.15, 0.2) is 97.2 Å². The molecule has 5 rings (SSSR count). The number of aromatic nitrogens is 2. The van der Waals surface area contributed by atoms with Crippen LogP contribution < -0.4 is 21.3 Å². The van der Waals surface area contributed by atoms with Crippen molar-refractivity contribution in [3.05, 3.63) is 114 Å². The van der Waals surface area contributed by atoms with Crippen LogP contribution in [-0.2, 0) is 16.0 Å². The molecule has 6 N–H and O–H groups in total. The van der Waals surface area contributed by atoms with Crippen LogP contribution in [0.2, 0.25) is 0 Å². The highest BCUT2D eigenvalue weighted by Crippen LogP contribution is 2.32. The zero-order valence-electron chi connectivity index (χ0n) is 25.6. The highest BCUT2D eigenvalue weighted by Gasteiger charge is 2.37. The number of H-pyrrole nitrogens is 1. The van der Waals surface area contributed by atoms with Gasteiger partial charge in [0.15, 0.2) is 0 Å². The zero-order valence-corrected chi connectivity index (χ0v) is 25.6. The summed E-state index contributed by atoms with van der Waals surface area (Å²) in [5.74, 6) is -0.445. The number of nitrogens with two attached hydrogens (primary N) is 1. The summed E-state index contributed by atoms with van der Waals surface area (Å²) in [5.41, 5.74) is 8.76. The van der Waals surface area contributed by atoms with Gasteiger partial charge in [0.25, 0.3) is 0 Å². The second-order valence-electron chi connectivity index (χ2n) is 11.3. The minimum absolute atomic E-state index is 0.0828. The summed E-state index contributed by atoms with van der Waals surface area (Å²) >= 11 is 0. The molecule has 1 aromatic heterocycles. The number of amides is 4. The smallest absolute Gasteiger partial charge is 0.407 e. The maximum Gasteiger partial charge on any atom is 0.407 e. The number of hydrogen-bond donors (Lipinski definition) is 5. The Labute approximate surface area is 267 Å². The molecule has 1 fully saturated rings. The Bertz CT molecular complexity index is 1540. The van der Waals surface area contributed by atoms with Crippen molar-refractivity contribution in [3.63, 3.8) is 0 Å². The van der Waals surface area contributed by atoms with Crippen molar-refractivity contribution in [2.24, 2.45) is 5.73 Å². The molecule has 240 valence electrons. The lowest BCUT2D eigenvalue weighted by Gasteiger charge is -2.33. The number of aromatic amines is 1. The fourth-order valence-corrected chi connectivity index (χ4v) is 5.83. The van der Waals surface area contributed by atoms with E-state index in [0.717, 1.165) is 21.6 Å². The normalized spacial score (nSPS) is 16.8. The molecule has 0 aliphatic carbocycles. The zero-order chi connectivity index (χ0) is 32.5. The number of benzene rings is 3. The molecule has 1 aliphatic rings. The van der Waals surface area contributed by atoms with Gasteiger partial charge in [-0.05, 0) is 35.6 Å². The number of urea groups is 1. The monoisotopic (exact) mass is 625 g/mol. The summed E-state index contributed by atoms with van der Waals surface area (Å²) in [6, 6.07) is 26.4. The first-order chi connectivity index (χ1) is 22.3. The van der Waals surface area contributed by atoms with E-state index in [-0.39, 0.29) is 12.1 Å². The maximum absolute atomic E-state index is 14.1. The summed E-state index contributed by atoms with van der Waals surface area (Å²) in [5, 5.41) is 23.2. The Kier molecular flexibility index (Phi) is 10.6. The van der Waals surface area contributed by atoms with Crippen molar-refractivity contribution in [1.29, 1.82) is 0 Å². The average Bonchev–Trinajstić information content (AvgIpc) is 3.61. The predicted octanol–water partition coefficient (Wildman–Crippen LogP) is 4.03. The van der Waals surface area contributed by atoms with Gasteiger partial charge >= 0.3 is 12.1 Å². The predicted molar refractivity (Wildman–Crippen MR) is 175 cm³/mol. The summed E-state index contributed by atoms with van der Waals surface area (Å²) in [6.07, 6.45) is 1.58. The van der Waals surface area contributed by atoms with E-state index >= 15 is 0 Å². The summed E-state index contributed by atoms with van der Waals surface area (Å²) in [7, 11) is 1.43. The molecule has 0 radical (unpaired) electrons. The third kappa shape index (κ3) is 7.89. The fourth-order valence-electron chi connectivity index (χ4n) is 5.83. The largest absolute Gasteiger partial charge is 0.465 e. The van der Waals surface area contributed by atoms with Gasteiger partial charge in [-0.2, -0.15) is 5.10 Å². The molecule has 46 heavy (non-hydrogen) atoms. The Morgan fingerprint density at radius 1 is 1.00 bits per heavy atom. The molecule has 0 bridgehead atoms. The van der Waals surface area contributed by atoms with Crippen molar-refractivity contribution in [3.8, 4) is 0 Å². The lowest BCUT2D eigenvalue weighted by molar-refractivity contribution is -0.120. The van der Waals surface area contributed by atoms with Crippen LogP contribution in [0.5, 0.6) is 0 Å². The van der Waals surface area contributed by atoms with E-state index < -0.39 is 30.0 Å². The molecule has 2 heterocycles. The number of carbonyl (C=O) groups is 3. The molecule has 12 heteroatoms. The van der Waals surface area contributed by atoms with Gasteiger partial charge in [0.2, 0.25) is 5.91 Å². The van der Waals surface area contributed by atoms with Crippen molar-refractivity contribution in [2.45, 2.75) is 36.9 Å². The lowest BCUT2D eigenvalue weighted by Crippen LogP contribution is -2.53. The number of nitrogens with one attached hydrogen (secondary N) is 3. The van der Waals surface area contributed by atoms with E-state index in [0.29, 0.717) is 44.0 Å². The van der Waals surface area contributed by atoms with Gasteiger partial charge in [-0.25, -0.2) is 9.59 Å². The highest BCUT2D eigenvalue weighted by molar-refractivity contribution is 5.98. The van der Waals surface area contributed by atoms with Crippen LogP contribution in [0.1, 0.15) is 29.0 Å². The topological polar surface area (TPSA) is 166 Å². The van der Waals surface area contributed by atoms with Crippen LogP contribution in [0.4, 0.5) is 21.1 Å². The maximum atomic E-state index is 14.1. The lowest BCUT2D eigenvalue weighted by atomic mass is 9.84. The number of nitrogens with zero attached hydrogens (tertiary/aromatic N) is 3. The van der Waals surface area contributed by atoms with Crippen LogP contribution in [-0.4, -0.2) is 83.2 Å². The van der Waals surface area contributed by atoms with Crippen molar-refractivity contribution >= 4 is 29.5 Å². The van der Waals surface area contributed by atoms with Gasteiger partial charge in [0.05, 0.1) is 18.9 Å². The first-order valence-electron chi connectivity index (χ1n) is 15.2. The second-order valence-corrected chi connectivity index (χ2v) is 11.3. The molecule has 1 aliphatic heterocycles. The molecule has 0 saturated carbocycles. The third-order valence-electron chi connectivity index (χ3n) is 8.24. The SMILES string of the molecule is CN(C(=O)O)[C@H](C(=O)Nc1ccccc1CC[C@@H]1CN[C@H](CN(C(N)=O)c2ccn[nH]2)CO1)C(c1ccccc1)c1ccccc1. The minimum atomic E-state index is -1.20. The van der Waals surface area contributed by atoms with Gasteiger partial charge in [0.1, 0.15) is 11.9 Å². The summed E-state index contributed by atoms with van der Waals surface area (Å²) in [6.45, 7) is 1.30. The molecule has 0 spiro atoms. The number of carboxylic acid groups (broad SMARTS) is 1. The van der Waals surface area contributed by atoms with Crippen molar-refractivity contribution in [2.75, 3.05) is 37.0 Å². The first-order valence-corrected chi connectivity index (χ1v) is 15.2. The summed E-state index contributed by atoms with van der Waals surface area (Å²) < 4.78 is 6.13. The minimum Gasteiger partial charge on any atom is -0.465 e. The number of para-hydroxylation sites is 1. The standard InChI is InChI=1S/C34H39N7O5/c1-40(34(44)45)31(30(24-11-4-2-5-12-24)25-13-6-3-7-14-25)32(42)38-28-15-9-8-10-23(28)16-17-27-20-36-26(22-46-27)21-41(33(35)43)29-18-19-37-39-29/h2-15,18-19,26-27,30-31,36H,16-17,20-22H2,1H3,(H2,35,43)(H,37,39)(H,38,42)(H,44,45)/t26-,27-,31+/m1/s1. The highest BCUT2D eigenvalue weighted by atomic mass is 16.5. The molecule has 0 unspecified atom stereocenters. The van der Waals surface area contributed by atoms with E-state index in [1.54, 1.807) is 12.3 Å². The molecule has 3 aromatic carbocycles. The number of primary amides is 1. The Balaban J connectivity index is 1.26. The average molecular weight is 626 g/mol. The number of morpholine rings is 1. The van der Waals surface area contributed by atoms with E-state index in [1.165, 1.54) is 11.9 Å². The number of likely N-dealkylation sites (N-methyl/N-ethyl adjacent to an activating group) is 1. The number of anilines is 2. The van der Waals surface area contributed by atoms with Gasteiger partial charge in [-0.15, -0.1) is 0 Å². The van der Waals surface area contributed by atoms with Crippen LogP contribution in [0.3, 0.4) is 0 Å². The van der Waals surface area contributed by atoms with Crippen molar-refractivity contribution < 1.29 is 24.2 Å². The molecular formula is C34H39N7O5. The van der Waals surface area contributed by atoms with Gasteiger partial charge < -0.3 is 26.2 Å². The number of hydrogen-bond acceptors (Lipinski definition) is 6. The van der Waals surface area contributed by atoms with Crippen LogP contribution in [0.25, 0.3) is 0 Å². The van der Waals surface area contributed by atoms with Gasteiger partial charge in [-0.1, -0.05) is 78.9 Å². The Hall–Kier alpha value is -5.20. The quantitative estimate of drug-likeness (QED) is 0.159. The Morgan fingerprint density at radius 2 is 1.65 bits per heavy atom. The molecule has 4 amide bonds. The number of ether oxygens (including phenoxy) is 1. The first kappa shape index (κ1) is 32.2. The van der Waals surface area contributed by atoms with Crippen LogP contribution in [0, 0.1) is 0 Å². The number of rotatable bonds is 12. The van der Waals surface area contributed by atoms with Gasteiger partial charge in [-0.3, -0.25) is 19.7 Å². The number of aryl methyl sites for hydroxylation is 1. The van der Waals surface area contributed by atoms with Crippen LogP contribution >= 0.6 is 0 Å².